The maximum absolute atomic E-state index is 13.9. The van der Waals surface area contributed by atoms with Crippen LogP contribution >= 0.6 is 11.8 Å². The van der Waals surface area contributed by atoms with Crippen molar-refractivity contribution in [3.05, 3.63) is 35.6 Å². The van der Waals surface area contributed by atoms with E-state index in [9.17, 15) is 9.50 Å². The van der Waals surface area contributed by atoms with Crippen LogP contribution in [0.2, 0.25) is 0 Å². The number of hydrogen-bond acceptors (Lipinski definition) is 3. The van der Waals surface area contributed by atoms with Crippen LogP contribution in [0.4, 0.5) is 4.39 Å². The lowest BCUT2D eigenvalue weighted by atomic mass is 9.77. The molecule has 0 amide bonds. The van der Waals surface area contributed by atoms with Gasteiger partial charge in [0.1, 0.15) is 5.82 Å². The quantitative estimate of drug-likeness (QED) is 0.714. The molecule has 0 saturated carbocycles. The fraction of sp³-hybridized carbons (Fsp3) is 0.571. The highest BCUT2D eigenvalue weighted by Gasteiger charge is 2.32. The van der Waals surface area contributed by atoms with Gasteiger partial charge in [-0.1, -0.05) is 25.1 Å². The van der Waals surface area contributed by atoms with Crippen LogP contribution in [0.25, 0.3) is 0 Å². The SMILES string of the molecule is CCSCCCC(CN)(CO)c1ccccc1F. The molecular weight excluding hydrogens is 249 g/mol. The predicted octanol–water partition coefficient (Wildman–Crippen LogP) is 2.55. The van der Waals surface area contributed by atoms with E-state index >= 15 is 0 Å². The van der Waals surface area contributed by atoms with Crippen LogP contribution in [0, 0.1) is 5.82 Å². The Labute approximate surface area is 113 Å². The third kappa shape index (κ3) is 3.70. The molecule has 2 nitrogen and oxygen atoms in total. The lowest BCUT2D eigenvalue weighted by Gasteiger charge is -2.31. The van der Waals surface area contributed by atoms with E-state index in [-0.39, 0.29) is 19.0 Å². The zero-order valence-corrected chi connectivity index (χ0v) is 11.7. The van der Waals surface area contributed by atoms with Gasteiger partial charge in [-0.15, -0.1) is 0 Å². The molecule has 1 aromatic carbocycles. The van der Waals surface area contributed by atoms with Crippen LogP contribution < -0.4 is 5.73 Å². The van der Waals surface area contributed by atoms with Crippen LogP contribution in [0.5, 0.6) is 0 Å². The van der Waals surface area contributed by atoms with E-state index in [1.54, 1.807) is 18.2 Å². The molecule has 3 N–H and O–H groups in total. The number of aliphatic hydroxyl groups is 1. The highest BCUT2D eigenvalue weighted by Crippen LogP contribution is 2.30. The van der Waals surface area contributed by atoms with Crippen LogP contribution in [0.3, 0.4) is 0 Å². The molecule has 0 saturated heterocycles. The van der Waals surface area contributed by atoms with E-state index in [2.05, 4.69) is 6.92 Å². The first kappa shape index (κ1) is 15.5. The normalized spacial score (nSPS) is 14.4. The van der Waals surface area contributed by atoms with Crippen molar-refractivity contribution >= 4 is 11.8 Å². The summed E-state index contributed by atoms with van der Waals surface area (Å²) in [5.74, 6) is 1.82. The minimum Gasteiger partial charge on any atom is -0.395 e. The predicted molar refractivity (Wildman–Crippen MR) is 76.5 cm³/mol. The second kappa shape index (κ2) is 7.77. The van der Waals surface area contributed by atoms with Gasteiger partial charge < -0.3 is 10.8 Å². The Morgan fingerprint density at radius 2 is 2.11 bits per heavy atom. The fourth-order valence-electron chi connectivity index (χ4n) is 2.12. The van der Waals surface area contributed by atoms with E-state index in [4.69, 9.17) is 5.73 Å². The van der Waals surface area contributed by atoms with E-state index in [1.165, 1.54) is 6.07 Å². The molecule has 102 valence electrons. The maximum atomic E-state index is 13.9. The minimum absolute atomic E-state index is 0.110. The van der Waals surface area contributed by atoms with Crippen molar-refractivity contribution in [1.82, 2.24) is 0 Å². The lowest BCUT2D eigenvalue weighted by molar-refractivity contribution is 0.184. The van der Waals surface area contributed by atoms with Crippen LogP contribution in [0.15, 0.2) is 24.3 Å². The van der Waals surface area contributed by atoms with E-state index in [0.29, 0.717) is 12.0 Å². The zero-order chi connectivity index (χ0) is 13.4. The average molecular weight is 271 g/mol. The summed E-state index contributed by atoms with van der Waals surface area (Å²) in [6.45, 7) is 2.27. The molecule has 0 aliphatic rings. The van der Waals surface area contributed by atoms with Crippen LogP contribution in [0.1, 0.15) is 25.3 Å². The third-order valence-electron chi connectivity index (χ3n) is 3.29. The second-order valence-corrected chi connectivity index (χ2v) is 5.82. The van der Waals surface area contributed by atoms with Gasteiger partial charge in [-0.05, 0) is 36.0 Å². The molecule has 4 heteroatoms. The molecule has 0 spiro atoms. The van der Waals surface area contributed by atoms with E-state index in [1.807, 2.05) is 11.8 Å². The molecule has 0 radical (unpaired) electrons. The zero-order valence-electron chi connectivity index (χ0n) is 10.9. The Bertz CT molecular complexity index is 355. The standard InChI is InChI=1S/C14H22FNOS/c1-2-18-9-5-8-14(10-16,11-17)12-6-3-4-7-13(12)15/h3-4,6-7,17H,2,5,8-11,16H2,1H3. The van der Waals surface area contributed by atoms with Gasteiger partial charge in [-0.2, -0.15) is 11.8 Å². The molecule has 1 unspecified atom stereocenters. The van der Waals surface area contributed by atoms with Crippen molar-refractivity contribution in [2.45, 2.75) is 25.2 Å². The largest absolute Gasteiger partial charge is 0.395 e. The van der Waals surface area contributed by atoms with Crippen molar-refractivity contribution in [2.24, 2.45) is 5.73 Å². The number of nitrogens with two attached hydrogens (primary N) is 1. The number of aliphatic hydroxyl groups excluding tert-OH is 1. The highest BCUT2D eigenvalue weighted by molar-refractivity contribution is 7.99. The second-order valence-electron chi connectivity index (χ2n) is 4.42. The van der Waals surface area contributed by atoms with Crippen molar-refractivity contribution in [1.29, 1.82) is 0 Å². The molecule has 0 bridgehead atoms. The van der Waals surface area contributed by atoms with Crippen molar-refractivity contribution in [3.63, 3.8) is 0 Å². The molecule has 0 aliphatic heterocycles. The first-order valence-corrected chi connectivity index (χ1v) is 7.49. The summed E-state index contributed by atoms with van der Waals surface area (Å²) >= 11 is 1.85. The minimum atomic E-state index is -0.639. The van der Waals surface area contributed by atoms with Gasteiger partial charge in [-0.25, -0.2) is 4.39 Å². The van der Waals surface area contributed by atoms with E-state index < -0.39 is 5.41 Å². The molecular formula is C14H22FNOS. The number of hydrogen-bond donors (Lipinski definition) is 2. The van der Waals surface area contributed by atoms with Gasteiger partial charge in [0, 0.05) is 12.0 Å². The fourth-order valence-corrected chi connectivity index (χ4v) is 2.76. The van der Waals surface area contributed by atoms with Crippen LogP contribution in [-0.2, 0) is 5.41 Å². The molecule has 0 aromatic heterocycles. The Hall–Kier alpha value is -0.580. The van der Waals surface area contributed by atoms with Gasteiger partial charge >= 0.3 is 0 Å². The van der Waals surface area contributed by atoms with Gasteiger partial charge in [0.15, 0.2) is 0 Å². The van der Waals surface area contributed by atoms with Gasteiger partial charge in [0.25, 0.3) is 0 Å². The summed E-state index contributed by atoms with van der Waals surface area (Å²) in [7, 11) is 0. The van der Waals surface area contributed by atoms with Gasteiger partial charge in [0.05, 0.1) is 6.61 Å². The Kier molecular flexibility index (Phi) is 6.68. The van der Waals surface area contributed by atoms with Crippen molar-refractivity contribution in [2.75, 3.05) is 24.7 Å². The summed E-state index contributed by atoms with van der Waals surface area (Å²) in [5, 5.41) is 9.66. The van der Waals surface area contributed by atoms with Gasteiger partial charge in [-0.3, -0.25) is 0 Å². The number of thioether (sulfide) groups is 1. The average Bonchev–Trinajstić information content (AvgIpc) is 2.41. The highest BCUT2D eigenvalue weighted by atomic mass is 32.2. The number of halogens is 1. The molecule has 0 aliphatic carbocycles. The Morgan fingerprint density at radius 1 is 1.39 bits per heavy atom. The molecule has 0 heterocycles. The van der Waals surface area contributed by atoms with Crippen LogP contribution in [-0.4, -0.2) is 29.8 Å². The number of benzene rings is 1. The summed E-state index contributed by atoms with van der Waals surface area (Å²) in [5.41, 5.74) is 5.70. The summed E-state index contributed by atoms with van der Waals surface area (Å²) < 4.78 is 13.9. The molecule has 1 atom stereocenters. The summed E-state index contributed by atoms with van der Waals surface area (Å²) in [6, 6.07) is 6.60. The van der Waals surface area contributed by atoms with E-state index in [0.717, 1.165) is 17.9 Å². The summed E-state index contributed by atoms with van der Waals surface area (Å²) in [6.07, 6.45) is 1.65. The first-order chi connectivity index (χ1) is 8.70. The smallest absolute Gasteiger partial charge is 0.127 e. The Morgan fingerprint density at radius 3 is 2.67 bits per heavy atom. The first-order valence-electron chi connectivity index (χ1n) is 6.34. The molecule has 1 rings (SSSR count). The van der Waals surface area contributed by atoms with Gasteiger partial charge in [0.2, 0.25) is 0 Å². The lowest BCUT2D eigenvalue weighted by Crippen LogP contribution is -2.39. The maximum Gasteiger partial charge on any atom is 0.127 e. The van der Waals surface area contributed by atoms with Crippen molar-refractivity contribution in [3.8, 4) is 0 Å². The molecule has 1 aromatic rings. The van der Waals surface area contributed by atoms with Crippen molar-refractivity contribution < 1.29 is 9.50 Å². The summed E-state index contributed by atoms with van der Waals surface area (Å²) in [4.78, 5) is 0. The molecule has 0 fully saturated rings. The topological polar surface area (TPSA) is 46.2 Å². The third-order valence-corrected chi connectivity index (χ3v) is 4.27. The molecule has 18 heavy (non-hydrogen) atoms. The Balaban J connectivity index is 2.83. The monoisotopic (exact) mass is 271 g/mol. The number of rotatable bonds is 8.